The smallest absolute Gasteiger partial charge is 0.315 e. The van der Waals surface area contributed by atoms with Crippen molar-refractivity contribution in [2.24, 2.45) is 0 Å². The van der Waals surface area contributed by atoms with E-state index in [4.69, 9.17) is 4.74 Å². The summed E-state index contributed by atoms with van der Waals surface area (Å²) in [5, 5.41) is 12.4. The number of carboxylic acids is 1. The van der Waals surface area contributed by atoms with E-state index in [-0.39, 0.29) is 18.6 Å². The number of nitrogens with one attached hydrogen (secondary N) is 1. The molecule has 1 fully saturated rings. The molecular weight excluding hydrogens is 332 g/mol. The minimum Gasteiger partial charge on any atom is -0.481 e. The Labute approximate surface area is 152 Å². The van der Waals surface area contributed by atoms with Crippen molar-refractivity contribution < 1.29 is 19.4 Å². The molecule has 2 aromatic rings. The van der Waals surface area contributed by atoms with Gasteiger partial charge in [0.05, 0.1) is 0 Å². The first-order chi connectivity index (χ1) is 12.5. The zero-order valence-corrected chi connectivity index (χ0v) is 14.6. The number of aromatic nitrogens is 1. The highest BCUT2D eigenvalue weighted by Crippen LogP contribution is 2.25. The summed E-state index contributed by atoms with van der Waals surface area (Å²) in [4.78, 5) is 28.4. The molecule has 1 atom stereocenters. The molecule has 0 bridgehead atoms. The van der Waals surface area contributed by atoms with Gasteiger partial charge < -0.3 is 15.2 Å². The Hall–Kier alpha value is -2.89. The van der Waals surface area contributed by atoms with Gasteiger partial charge in [-0.15, -0.1) is 0 Å². The lowest BCUT2D eigenvalue weighted by Crippen LogP contribution is -2.44. The molecule has 1 aliphatic carbocycles. The van der Waals surface area contributed by atoms with Crippen molar-refractivity contribution in [1.29, 1.82) is 0 Å². The topological polar surface area (TPSA) is 88.5 Å². The maximum atomic E-state index is 12.5. The monoisotopic (exact) mass is 354 g/mol. The van der Waals surface area contributed by atoms with E-state index >= 15 is 0 Å². The van der Waals surface area contributed by atoms with E-state index in [9.17, 15) is 14.7 Å². The highest BCUT2D eigenvalue weighted by atomic mass is 16.5. The van der Waals surface area contributed by atoms with Gasteiger partial charge in [0.25, 0.3) is 5.91 Å². The number of benzene rings is 1. The van der Waals surface area contributed by atoms with Crippen LogP contribution in [0.1, 0.15) is 42.1 Å². The number of hydrogen-bond donors (Lipinski definition) is 2. The van der Waals surface area contributed by atoms with Crippen molar-refractivity contribution in [1.82, 2.24) is 10.3 Å². The Morgan fingerprint density at radius 3 is 2.62 bits per heavy atom. The highest BCUT2D eigenvalue weighted by Gasteiger charge is 2.35. The van der Waals surface area contributed by atoms with E-state index in [1.54, 1.807) is 43.3 Å². The Morgan fingerprint density at radius 1 is 1.27 bits per heavy atom. The summed E-state index contributed by atoms with van der Waals surface area (Å²) >= 11 is 0. The first-order valence-corrected chi connectivity index (χ1v) is 8.69. The summed E-state index contributed by atoms with van der Waals surface area (Å²) in [5.41, 5.74) is -0.179. The van der Waals surface area contributed by atoms with Gasteiger partial charge in [-0.3, -0.25) is 9.59 Å². The van der Waals surface area contributed by atoms with Crippen LogP contribution >= 0.6 is 0 Å². The number of nitrogens with zero attached hydrogens (tertiary/aromatic N) is 1. The Morgan fingerprint density at radius 2 is 2.00 bits per heavy atom. The lowest BCUT2D eigenvalue weighted by molar-refractivity contribution is -0.142. The number of rotatable bonds is 7. The van der Waals surface area contributed by atoms with E-state index in [0.29, 0.717) is 17.0 Å². The number of carboxylic acid groups (broad SMARTS) is 1. The van der Waals surface area contributed by atoms with Gasteiger partial charge in [0.2, 0.25) is 5.88 Å². The number of carbonyl (C=O) groups excluding carboxylic acids is 1. The summed E-state index contributed by atoms with van der Waals surface area (Å²) < 4.78 is 5.71. The predicted molar refractivity (Wildman–Crippen MR) is 96.3 cm³/mol. The number of hydrogen-bond acceptors (Lipinski definition) is 4. The van der Waals surface area contributed by atoms with Crippen LogP contribution in [0.2, 0.25) is 0 Å². The molecule has 1 saturated carbocycles. The van der Waals surface area contributed by atoms with Crippen LogP contribution in [0.25, 0.3) is 0 Å². The van der Waals surface area contributed by atoms with Gasteiger partial charge >= 0.3 is 5.97 Å². The average molecular weight is 354 g/mol. The van der Waals surface area contributed by atoms with Crippen LogP contribution in [-0.2, 0) is 10.2 Å². The van der Waals surface area contributed by atoms with E-state index in [1.165, 1.54) is 6.20 Å². The molecule has 1 aromatic heterocycles. The molecule has 1 heterocycles. The van der Waals surface area contributed by atoms with Crippen LogP contribution in [0.3, 0.4) is 0 Å². The summed E-state index contributed by atoms with van der Waals surface area (Å²) in [5.74, 6) is -0.923. The fourth-order valence-electron chi connectivity index (χ4n) is 2.74. The van der Waals surface area contributed by atoms with E-state index in [0.717, 1.165) is 19.3 Å². The van der Waals surface area contributed by atoms with E-state index in [2.05, 4.69) is 10.3 Å². The number of aliphatic carboxylic acids is 1. The quantitative estimate of drug-likeness (QED) is 0.798. The molecule has 1 aliphatic rings. The summed E-state index contributed by atoms with van der Waals surface area (Å²) in [7, 11) is 0. The van der Waals surface area contributed by atoms with Gasteiger partial charge in [-0.05, 0) is 37.8 Å². The van der Waals surface area contributed by atoms with E-state index < -0.39 is 11.4 Å². The van der Waals surface area contributed by atoms with Gasteiger partial charge in [-0.2, -0.15) is 0 Å². The largest absolute Gasteiger partial charge is 0.481 e. The number of carbonyl (C=O) groups is 2. The molecule has 26 heavy (non-hydrogen) atoms. The van der Waals surface area contributed by atoms with Gasteiger partial charge in [0.15, 0.2) is 0 Å². The second kappa shape index (κ2) is 7.56. The van der Waals surface area contributed by atoms with Crippen LogP contribution in [-0.4, -0.2) is 34.6 Å². The lowest BCUT2D eigenvalue weighted by Gasteiger charge is -2.26. The molecule has 0 radical (unpaired) electrons. The van der Waals surface area contributed by atoms with E-state index in [1.807, 2.05) is 6.07 Å². The zero-order chi connectivity index (χ0) is 18.6. The van der Waals surface area contributed by atoms with Crippen LogP contribution in [0, 0.1) is 0 Å². The average Bonchev–Trinajstić information content (AvgIpc) is 2.63. The maximum Gasteiger partial charge on any atom is 0.315 e. The van der Waals surface area contributed by atoms with Gasteiger partial charge in [0, 0.05) is 24.4 Å². The molecular formula is C20H22N2O4. The predicted octanol–water partition coefficient (Wildman–Crippen LogP) is 2.79. The second-order valence-corrected chi connectivity index (χ2v) is 6.74. The fraction of sp³-hybridized carbons (Fsp3) is 0.350. The number of ether oxygens (including phenoxy) is 1. The van der Waals surface area contributed by atoms with Crippen LogP contribution in [0.15, 0.2) is 48.7 Å². The first-order valence-electron chi connectivity index (χ1n) is 8.69. The third-order valence-corrected chi connectivity index (χ3v) is 4.82. The van der Waals surface area contributed by atoms with Gasteiger partial charge in [-0.1, -0.05) is 30.3 Å². The normalized spacial score (nSPS) is 16.2. The third-order valence-electron chi connectivity index (χ3n) is 4.82. The number of pyridine rings is 1. The standard InChI is InChI=1S/C20H22N2O4/c1-20(19(24)25,15-6-3-2-4-7-15)13-22-18(23)14-10-11-21-17(12-14)26-16-8-5-9-16/h2-4,6-7,10-12,16H,5,8-9,13H2,1H3,(H,22,23)(H,24,25). The molecule has 136 valence electrons. The van der Waals surface area contributed by atoms with Crippen molar-refractivity contribution in [2.45, 2.75) is 37.7 Å². The van der Waals surface area contributed by atoms with Gasteiger partial charge in [-0.25, -0.2) is 4.98 Å². The first kappa shape index (κ1) is 17.9. The van der Waals surface area contributed by atoms with Crippen LogP contribution in [0.4, 0.5) is 0 Å². The zero-order valence-electron chi connectivity index (χ0n) is 14.6. The molecule has 0 saturated heterocycles. The highest BCUT2D eigenvalue weighted by molar-refractivity contribution is 5.95. The fourth-order valence-corrected chi connectivity index (χ4v) is 2.74. The molecule has 6 nitrogen and oxygen atoms in total. The molecule has 0 spiro atoms. The summed E-state index contributed by atoms with van der Waals surface area (Å²) in [6.07, 6.45) is 4.86. The van der Waals surface area contributed by atoms with Gasteiger partial charge in [0.1, 0.15) is 11.5 Å². The van der Waals surface area contributed by atoms with Crippen LogP contribution in [0.5, 0.6) is 5.88 Å². The molecule has 3 rings (SSSR count). The Kier molecular flexibility index (Phi) is 5.21. The second-order valence-electron chi connectivity index (χ2n) is 6.74. The molecule has 2 N–H and O–H groups in total. The summed E-state index contributed by atoms with van der Waals surface area (Å²) in [6.45, 7) is 1.58. The minimum absolute atomic E-state index is 0.0215. The van der Waals surface area contributed by atoms with Crippen molar-refractivity contribution in [3.05, 3.63) is 59.8 Å². The Balaban J connectivity index is 1.69. The third kappa shape index (κ3) is 3.85. The van der Waals surface area contributed by atoms with Crippen molar-refractivity contribution >= 4 is 11.9 Å². The summed E-state index contributed by atoms with van der Waals surface area (Å²) in [6, 6.07) is 12.1. The molecule has 6 heteroatoms. The van der Waals surface area contributed by atoms with Crippen LogP contribution < -0.4 is 10.1 Å². The van der Waals surface area contributed by atoms with Crippen molar-refractivity contribution in [3.8, 4) is 5.88 Å². The maximum absolute atomic E-state index is 12.5. The molecule has 1 amide bonds. The van der Waals surface area contributed by atoms with Crippen molar-refractivity contribution in [2.75, 3.05) is 6.54 Å². The minimum atomic E-state index is -1.21. The molecule has 1 aromatic carbocycles. The number of amides is 1. The SMILES string of the molecule is CC(CNC(=O)c1ccnc(OC2CCC2)c1)(C(=O)O)c1ccccc1. The van der Waals surface area contributed by atoms with Crippen molar-refractivity contribution in [3.63, 3.8) is 0 Å². The lowest BCUT2D eigenvalue weighted by atomic mass is 9.82. The molecule has 1 unspecified atom stereocenters. The Bertz CT molecular complexity index is 789. The molecule has 0 aliphatic heterocycles.